The Morgan fingerprint density at radius 2 is 1.75 bits per heavy atom. The molecular formula is C27H24ClN3O4S. The molecule has 9 heteroatoms. The molecule has 7 nitrogen and oxygen atoms in total. The van der Waals surface area contributed by atoms with Crippen LogP contribution in [0, 0.1) is 0 Å². The summed E-state index contributed by atoms with van der Waals surface area (Å²) in [6, 6.07) is 23.0. The first-order valence-corrected chi connectivity index (χ1v) is 12.6. The number of amidine groups is 1. The number of para-hydroxylation sites is 1. The summed E-state index contributed by atoms with van der Waals surface area (Å²) in [5.74, 6) is -0.928. The second-order valence-corrected chi connectivity index (χ2v) is 9.48. The second kappa shape index (κ2) is 11.9. The summed E-state index contributed by atoms with van der Waals surface area (Å²) in [6.45, 7) is 2.25. The van der Waals surface area contributed by atoms with Gasteiger partial charge >= 0.3 is 5.97 Å². The number of hydrogen-bond donors (Lipinski definition) is 1. The van der Waals surface area contributed by atoms with Gasteiger partial charge in [-0.05, 0) is 55.0 Å². The molecule has 2 amide bonds. The number of benzene rings is 3. The first kappa shape index (κ1) is 25.5. The quantitative estimate of drug-likeness (QED) is 0.404. The van der Waals surface area contributed by atoms with Crippen molar-refractivity contribution in [1.82, 2.24) is 4.90 Å². The highest BCUT2D eigenvalue weighted by Crippen LogP contribution is 2.32. The van der Waals surface area contributed by atoms with Gasteiger partial charge in [0.05, 0.1) is 24.4 Å². The number of nitrogens with zero attached hydrogens (tertiary/aromatic N) is 2. The van der Waals surface area contributed by atoms with Gasteiger partial charge in [-0.25, -0.2) is 9.79 Å². The minimum atomic E-state index is -0.655. The molecule has 1 fully saturated rings. The minimum Gasteiger partial charge on any atom is -0.462 e. The molecule has 3 aromatic carbocycles. The molecule has 3 aromatic rings. The number of amides is 2. The van der Waals surface area contributed by atoms with E-state index in [4.69, 9.17) is 16.3 Å². The van der Waals surface area contributed by atoms with Gasteiger partial charge in [0.25, 0.3) is 0 Å². The highest BCUT2D eigenvalue weighted by molar-refractivity contribution is 8.15. The van der Waals surface area contributed by atoms with Crippen molar-refractivity contribution < 1.29 is 19.1 Å². The van der Waals surface area contributed by atoms with Crippen molar-refractivity contribution in [3.8, 4) is 0 Å². The van der Waals surface area contributed by atoms with Crippen LogP contribution in [0.15, 0.2) is 83.9 Å². The summed E-state index contributed by atoms with van der Waals surface area (Å²) in [7, 11) is 0. The number of thioether (sulfide) groups is 1. The van der Waals surface area contributed by atoms with E-state index in [1.54, 1.807) is 49.4 Å². The van der Waals surface area contributed by atoms with Crippen LogP contribution in [-0.4, -0.2) is 39.7 Å². The predicted molar refractivity (Wildman–Crippen MR) is 143 cm³/mol. The highest BCUT2D eigenvalue weighted by atomic mass is 35.5. The van der Waals surface area contributed by atoms with Crippen LogP contribution in [0.2, 0.25) is 5.02 Å². The molecule has 0 aliphatic carbocycles. The first-order valence-electron chi connectivity index (χ1n) is 11.4. The van der Waals surface area contributed by atoms with E-state index in [2.05, 4.69) is 10.3 Å². The summed E-state index contributed by atoms with van der Waals surface area (Å²) in [6.07, 6.45) is 0.0224. The number of anilines is 1. The fourth-order valence-corrected chi connectivity index (χ4v) is 4.83. The van der Waals surface area contributed by atoms with Crippen molar-refractivity contribution in [2.24, 2.45) is 4.99 Å². The van der Waals surface area contributed by atoms with Gasteiger partial charge in [0.15, 0.2) is 5.17 Å². The Bertz CT molecular complexity index is 1280. The van der Waals surface area contributed by atoms with Crippen molar-refractivity contribution in [3.05, 3.63) is 95.0 Å². The van der Waals surface area contributed by atoms with Gasteiger partial charge in [-0.1, -0.05) is 59.8 Å². The Morgan fingerprint density at radius 1 is 1.06 bits per heavy atom. The van der Waals surface area contributed by atoms with Gasteiger partial charge in [0.2, 0.25) is 11.8 Å². The largest absolute Gasteiger partial charge is 0.462 e. The third-order valence-corrected chi connectivity index (χ3v) is 6.92. The summed E-state index contributed by atoms with van der Waals surface area (Å²) >= 11 is 7.57. The molecule has 36 heavy (non-hydrogen) atoms. The molecule has 0 saturated carbocycles. The molecule has 1 saturated heterocycles. The molecule has 4 rings (SSSR count). The summed E-state index contributed by atoms with van der Waals surface area (Å²) in [4.78, 5) is 44.4. The molecule has 1 atom stereocenters. The molecule has 0 bridgehead atoms. The lowest BCUT2D eigenvalue weighted by Crippen LogP contribution is -2.44. The van der Waals surface area contributed by atoms with Crippen molar-refractivity contribution >= 4 is 57.7 Å². The Kier molecular flexibility index (Phi) is 8.40. The van der Waals surface area contributed by atoms with Gasteiger partial charge < -0.3 is 10.1 Å². The number of ether oxygens (including phenoxy) is 1. The van der Waals surface area contributed by atoms with Crippen LogP contribution >= 0.6 is 23.4 Å². The summed E-state index contributed by atoms with van der Waals surface area (Å²) in [5, 5.41) is 3.13. The van der Waals surface area contributed by atoms with Crippen LogP contribution in [0.4, 0.5) is 11.4 Å². The fourth-order valence-electron chi connectivity index (χ4n) is 3.53. The highest BCUT2D eigenvalue weighted by Gasteiger charge is 2.36. The minimum absolute atomic E-state index is 0.0224. The maximum absolute atomic E-state index is 13.2. The third kappa shape index (κ3) is 6.33. The predicted octanol–water partition coefficient (Wildman–Crippen LogP) is 5.68. The number of aliphatic imine (C=N–C) groups is 1. The van der Waals surface area contributed by atoms with Crippen LogP contribution in [0.25, 0.3) is 0 Å². The number of carbonyl (C=O) groups excluding carboxylic acids is 3. The van der Waals surface area contributed by atoms with E-state index in [0.717, 1.165) is 5.56 Å². The number of halogens is 1. The molecule has 0 spiro atoms. The van der Waals surface area contributed by atoms with Crippen LogP contribution < -0.4 is 5.32 Å². The van der Waals surface area contributed by atoms with Gasteiger partial charge in [0.1, 0.15) is 5.25 Å². The van der Waals surface area contributed by atoms with E-state index in [-0.39, 0.29) is 31.4 Å². The maximum atomic E-state index is 13.2. The van der Waals surface area contributed by atoms with Gasteiger partial charge in [-0.15, -0.1) is 0 Å². The van der Waals surface area contributed by atoms with Crippen molar-refractivity contribution in [1.29, 1.82) is 0 Å². The Balaban J connectivity index is 1.61. The van der Waals surface area contributed by atoms with Crippen molar-refractivity contribution in [2.45, 2.75) is 25.1 Å². The standard InChI is InChI=1S/C27H24ClN3O4S/c1-2-35-26(34)18-12-14-21(15-13-18)30-27-31(17-19-8-6-7-11-22(19)28)24(32)16-23(36-27)25(33)29-20-9-4-3-5-10-20/h3-15,23H,2,16-17H2,1H3,(H,29,33). The normalized spacial score (nSPS) is 16.6. The topological polar surface area (TPSA) is 88.1 Å². The van der Waals surface area contributed by atoms with Crippen LogP contribution in [0.5, 0.6) is 0 Å². The fraction of sp³-hybridized carbons (Fsp3) is 0.185. The van der Waals surface area contributed by atoms with E-state index in [1.807, 2.05) is 36.4 Å². The average molecular weight is 522 g/mol. The lowest BCUT2D eigenvalue weighted by molar-refractivity contribution is -0.129. The zero-order chi connectivity index (χ0) is 25.5. The Morgan fingerprint density at radius 3 is 2.44 bits per heavy atom. The number of nitrogens with one attached hydrogen (secondary N) is 1. The van der Waals surface area contributed by atoms with E-state index < -0.39 is 11.2 Å². The molecule has 1 aliphatic rings. The number of carbonyl (C=O) groups is 3. The Labute approximate surface area is 218 Å². The van der Waals surface area contributed by atoms with Gasteiger partial charge in [0, 0.05) is 17.1 Å². The SMILES string of the molecule is CCOC(=O)c1ccc(N=C2SC(C(=O)Nc3ccccc3)CC(=O)N2Cc2ccccc2Cl)cc1. The molecule has 1 unspecified atom stereocenters. The number of rotatable bonds is 7. The maximum Gasteiger partial charge on any atom is 0.338 e. The molecule has 1 heterocycles. The monoisotopic (exact) mass is 521 g/mol. The Hall–Kier alpha value is -3.62. The molecule has 1 N–H and O–H groups in total. The van der Waals surface area contributed by atoms with E-state index >= 15 is 0 Å². The molecule has 0 radical (unpaired) electrons. The molecular weight excluding hydrogens is 498 g/mol. The summed E-state index contributed by atoms with van der Waals surface area (Å²) in [5.41, 5.74) is 2.36. The first-order chi connectivity index (χ1) is 17.4. The van der Waals surface area contributed by atoms with Crippen molar-refractivity contribution in [3.63, 3.8) is 0 Å². The van der Waals surface area contributed by atoms with Gasteiger partial charge in [-0.3, -0.25) is 14.5 Å². The lowest BCUT2D eigenvalue weighted by atomic mass is 10.2. The zero-order valence-corrected chi connectivity index (χ0v) is 21.1. The average Bonchev–Trinajstić information content (AvgIpc) is 2.88. The van der Waals surface area contributed by atoms with E-state index in [9.17, 15) is 14.4 Å². The van der Waals surface area contributed by atoms with Crippen LogP contribution in [0.3, 0.4) is 0 Å². The third-order valence-electron chi connectivity index (χ3n) is 5.36. The van der Waals surface area contributed by atoms with E-state index in [1.165, 1.54) is 16.7 Å². The number of hydrogen-bond acceptors (Lipinski definition) is 6. The molecule has 184 valence electrons. The second-order valence-electron chi connectivity index (χ2n) is 7.90. The lowest BCUT2D eigenvalue weighted by Gasteiger charge is -2.32. The smallest absolute Gasteiger partial charge is 0.338 e. The van der Waals surface area contributed by atoms with Gasteiger partial charge in [-0.2, -0.15) is 0 Å². The molecule has 1 aliphatic heterocycles. The zero-order valence-electron chi connectivity index (χ0n) is 19.5. The van der Waals surface area contributed by atoms with Crippen LogP contribution in [0.1, 0.15) is 29.3 Å². The van der Waals surface area contributed by atoms with E-state index in [0.29, 0.717) is 27.1 Å². The summed E-state index contributed by atoms with van der Waals surface area (Å²) < 4.78 is 5.03. The van der Waals surface area contributed by atoms with Crippen LogP contribution in [-0.2, 0) is 20.9 Å². The van der Waals surface area contributed by atoms with Crippen molar-refractivity contribution in [2.75, 3.05) is 11.9 Å². The molecule has 0 aromatic heterocycles. The number of esters is 1.